The van der Waals surface area contributed by atoms with E-state index in [0.29, 0.717) is 11.3 Å². The molecule has 0 fully saturated rings. The zero-order valence-electron chi connectivity index (χ0n) is 15.5. The highest BCUT2D eigenvalue weighted by molar-refractivity contribution is 5.71. The molecule has 0 saturated carbocycles. The number of carbonyl (C=O) groups excluding carboxylic acids is 1. The molecular weight excluding hydrogens is 409 g/mol. The van der Waals surface area contributed by atoms with Crippen molar-refractivity contribution >= 4 is 5.97 Å². The van der Waals surface area contributed by atoms with Crippen molar-refractivity contribution in [2.45, 2.75) is 13.2 Å². The van der Waals surface area contributed by atoms with Crippen LogP contribution in [-0.4, -0.2) is 36.4 Å². The van der Waals surface area contributed by atoms with Gasteiger partial charge in [-0.2, -0.15) is 13.8 Å². The second-order valence-electron chi connectivity index (χ2n) is 5.66. The average Bonchev–Trinajstić information content (AvgIpc) is 3.21. The van der Waals surface area contributed by atoms with Gasteiger partial charge in [-0.05, 0) is 42.5 Å². The van der Waals surface area contributed by atoms with E-state index < -0.39 is 25.0 Å². The summed E-state index contributed by atoms with van der Waals surface area (Å²) in [6.07, 6.45) is 0. The lowest BCUT2D eigenvalue weighted by Gasteiger charge is -2.10. The lowest BCUT2D eigenvalue weighted by Crippen LogP contribution is -2.14. The van der Waals surface area contributed by atoms with E-state index in [1.807, 2.05) is 0 Å². The van der Waals surface area contributed by atoms with Gasteiger partial charge in [-0.3, -0.25) is 0 Å². The molecule has 8 nitrogen and oxygen atoms in total. The summed E-state index contributed by atoms with van der Waals surface area (Å²) >= 11 is 0. The van der Waals surface area contributed by atoms with Crippen molar-refractivity contribution in [1.29, 1.82) is 0 Å². The normalized spacial score (nSPS) is 10.7. The molecule has 0 radical (unpaired) electrons. The standard InChI is InChI=1S/C19H15F3N2O6/c1-26-15-8-11(2-7-14(15)29-19(21)22)18-23-16(30-24-18)9-28-17(25)10-27-13-5-3-12(20)4-6-13/h2-8,19H,9-10H2,1H3. The molecule has 0 aliphatic rings. The Morgan fingerprint density at radius 1 is 1.13 bits per heavy atom. The molecule has 30 heavy (non-hydrogen) atoms. The smallest absolute Gasteiger partial charge is 0.387 e. The number of benzene rings is 2. The molecule has 0 aliphatic heterocycles. The molecule has 158 valence electrons. The van der Waals surface area contributed by atoms with Crippen molar-refractivity contribution in [3.05, 3.63) is 54.2 Å². The zero-order valence-corrected chi connectivity index (χ0v) is 15.5. The van der Waals surface area contributed by atoms with Crippen molar-refractivity contribution in [3.63, 3.8) is 0 Å². The number of methoxy groups -OCH3 is 1. The number of rotatable bonds is 9. The topological polar surface area (TPSA) is 92.9 Å². The van der Waals surface area contributed by atoms with Crippen LogP contribution in [0.4, 0.5) is 13.2 Å². The van der Waals surface area contributed by atoms with E-state index in [1.54, 1.807) is 0 Å². The summed E-state index contributed by atoms with van der Waals surface area (Å²) in [5.74, 6) is -0.766. The van der Waals surface area contributed by atoms with Gasteiger partial charge in [0.2, 0.25) is 5.82 Å². The van der Waals surface area contributed by atoms with Crippen LogP contribution in [0.3, 0.4) is 0 Å². The minimum Gasteiger partial charge on any atom is -0.493 e. The number of halogens is 3. The van der Waals surface area contributed by atoms with Crippen LogP contribution in [-0.2, 0) is 16.1 Å². The van der Waals surface area contributed by atoms with Crippen LogP contribution in [0.15, 0.2) is 47.0 Å². The summed E-state index contributed by atoms with van der Waals surface area (Å²) in [7, 11) is 1.30. The van der Waals surface area contributed by atoms with Gasteiger partial charge in [0.15, 0.2) is 24.7 Å². The lowest BCUT2D eigenvalue weighted by atomic mass is 10.2. The SMILES string of the molecule is COc1cc(-c2noc(COC(=O)COc3ccc(F)cc3)n2)ccc1OC(F)F. The number of hydrogen-bond acceptors (Lipinski definition) is 8. The third kappa shape index (κ3) is 5.63. The molecule has 2 aromatic carbocycles. The van der Waals surface area contributed by atoms with Gasteiger partial charge in [0.05, 0.1) is 7.11 Å². The van der Waals surface area contributed by atoms with Crippen LogP contribution in [0.2, 0.25) is 0 Å². The van der Waals surface area contributed by atoms with Crippen molar-refractivity contribution in [1.82, 2.24) is 10.1 Å². The second kappa shape index (κ2) is 9.63. The van der Waals surface area contributed by atoms with Crippen LogP contribution in [0.1, 0.15) is 5.89 Å². The fourth-order valence-electron chi connectivity index (χ4n) is 2.29. The first-order valence-corrected chi connectivity index (χ1v) is 8.44. The monoisotopic (exact) mass is 424 g/mol. The first-order chi connectivity index (χ1) is 14.4. The fourth-order valence-corrected chi connectivity index (χ4v) is 2.29. The molecule has 0 saturated heterocycles. The molecule has 0 aliphatic carbocycles. The highest BCUT2D eigenvalue weighted by atomic mass is 19.3. The van der Waals surface area contributed by atoms with Crippen molar-refractivity contribution < 1.29 is 41.4 Å². The molecule has 0 spiro atoms. The van der Waals surface area contributed by atoms with E-state index in [1.165, 1.54) is 49.6 Å². The van der Waals surface area contributed by atoms with Gasteiger partial charge < -0.3 is 23.5 Å². The predicted molar refractivity (Wildman–Crippen MR) is 94.6 cm³/mol. The molecule has 0 atom stereocenters. The molecule has 3 rings (SSSR count). The number of nitrogens with zero attached hydrogens (tertiary/aromatic N) is 2. The van der Waals surface area contributed by atoms with Gasteiger partial charge in [-0.1, -0.05) is 5.16 Å². The van der Waals surface area contributed by atoms with Crippen LogP contribution >= 0.6 is 0 Å². The predicted octanol–water partition coefficient (Wildman–Crippen LogP) is 3.61. The molecular formula is C19H15F3N2O6. The number of carbonyl (C=O) groups is 1. The van der Waals surface area contributed by atoms with E-state index in [9.17, 15) is 18.0 Å². The number of ether oxygens (including phenoxy) is 4. The number of alkyl halides is 2. The van der Waals surface area contributed by atoms with E-state index >= 15 is 0 Å². The lowest BCUT2D eigenvalue weighted by molar-refractivity contribution is -0.148. The van der Waals surface area contributed by atoms with Gasteiger partial charge in [0.1, 0.15) is 11.6 Å². The molecule has 0 N–H and O–H groups in total. The van der Waals surface area contributed by atoms with E-state index in [-0.39, 0.29) is 29.8 Å². The highest BCUT2D eigenvalue weighted by Gasteiger charge is 2.16. The Hall–Kier alpha value is -3.76. The van der Waals surface area contributed by atoms with Crippen molar-refractivity contribution in [2.24, 2.45) is 0 Å². The van der Waals surface area contributed by atoms with Crippen molar-refractivity contribution in [3.8, 4) is 28.6 Å². The minimum atomic E-state index is -3.00. The second-order valence-corrected chi connectivity index (χ2v) is 5.66. The van der Waals surface area contributed by atoms with Gasteiger partial charge in [0.25, 0.3) is 5.89 Å². The summed E-state index contributed by atoms with van der Waals surface area (Å²) in [5, 5.41) is 3.74. The maximum atomic E-state index is 12.8. The zero-order chi connectivity index (χ0) is 21.5. The highest BCUT2D eigenvalue weighted by Crippen LogP contribution is 2.32. The fraction of sp³-hybridized carbons (Fsp3) is 0.211. The minimum absolute atomic E-state index is 0.00649. The first kappa shape index (κ1) is 21.0. The Morgan fingerprint density at radius 3 is 2.60 bits per heavy atom. The van der Waals surface area contributed by atoms with Gasteiger partial charge in [0, 0.05) is 5.56 Å². The van der Waals surface area contributed by atoms with E-state index in [4.69, 9.17) is 18.7 Å². The number of hydrogen-bond donors (Lipinski definition) is 0. The maximum absolute atomic E-state index is 12.8. The van der Waals surface area contributed by atoms with Gasteiger partial charge in [-0.25, -0.2) is 9.18 Å². The Kier molecular flexibility index (Phi) is 6.73. The third-order valence-electron chi connectivity index (χ3n) is 3.63. The maximum Gasteiger partial charge on any atom is 0.387 e. The molecule has 11 heteroatoms. The molecule has 3 aromatic rings. The molecule has 1 heterocycles. The van der Waals surface area contributed by atoms with Crippen LogP contribution in [0.25, 0.3) is 11.4 Å². The Bertz CT molecular complexity index is 994. The molecule has 1 aromatic heterocycles. The average molecular weight is 424 g/mol. The largest absolute Gasteiger partial charge is 0.493 e. The summed E-state index contributed by atoms with van der Waals surface area (Å²) in [4.78, 5) is 15.8. The van der Waals surface area contributed by atoms with E-state index in [2.05, 4.69) is 14.9 Å². The third-order valence-corrected chi connectivity index (χ3v) is 3.63. The van der Waals surface area contributed by atoms with Gasteiger partial charge >= 0.3 is 12.6 Å². The van der Waals surface area contributed by atoms with Crippen LogP contribution in [0.5, 0.6) is 17.2 Å². The van der Waals surface area contributed by atoms with Crippen LogP contribution < -0.4 is 14.2 Å². The molecule has 0 unspecified atom stereocenters. The Labute approximate surface area is 168 Å². The molecule has 0 bridgehead atoms. The van der Waals surface area contributed by atoms with Gasteiger partial charge in [-0.15, -0.1) is 0 Å². The summed E-state index contributed by atoms with van der Waals surface area (Å²) in [5.41, 5.74) is 0.412. The van der Waals surface area contributed by atoms with Crippen molar-refractivity contribution in [2.75, 3.05) is 13.7 Å². The van der Waals surface area contributed by atoms with Crippen LogP contribution in [0, 0.1) is 5.82 Å². The number of aromatic nitrogens is 2. The summed E-state index contributed by atoms with van der Waals surface area (Å²) < 4.78 is 62.1. The Morgan fingerprint density at radius 2 is 1.90 bits per heavy atom. The Balaban J connectivity index is 1.55. The molecule has 0 amide bonds. The number of esters is 1. The van der Waals surface area contributed by atoms with E-state index in [0.717, 1.165) is 0 Å². The summed E-state index contributed by atoms with van der Waals surface area (Å²) in [6.45, 7) is -3.69. The summed E-state index contributed by atoms with van der Waals surface area (Å²) in [6, 6.07) is 9.26. The quantitative estimate of drug-likeness (QED) is 0.481. The first-order valence-electron chi connectivity index (χ1n) is 8.44.